The average molecular weight is 279 g/mol. The van der Waals surface area contributed by atoms with Gasteiger partial charge < -0.3 is 10.2 Å². The summed E-state index contributed by atoms with van der Waals surface area (Å²) in [6.45, 7) is 8.79. The van der Waals surface area contributed by atoms with E-state index in [1.165, 1.54) is 32.1 Å². The normalized spacial score (nSPS) is 16.8. The lowest BCUT2D eigenvalue weighted by molar-refractivity contribution is 0.384. The molecule has 2 N–H and O–H groups in total. The van der Waals surface area contributed by atoms with E-state index in [9.17, 15) is 0 Å². The molecular formula is C15H29N5. The summed E-state index contributed by atoms with van der Waals surface area (Å²) in [7, 11) is 0. The Morgan fingerprint density at radius 2 is 2.05 bits per heavy atom. The van der Waals surface area contributed by atoms with Crippen LogP contribution in [0.25, 0.3) is 0 Å². The first kappa shape index (κ1) is 15.3. The molecule has 1 aromatic rings. The smallest absolute Gasteiger partial charge is 0.244 e. The molecule has 0 spiro atoms. The van der Waals surface area contributed by atoms with Crippen molar-refractivity contribution in [2.75, 3.05) is 31.1 Å². The lowest BCUT2D eigenvalue weighted by atomic mass is 9.97. The molecule has 0 aromatic carbocycles. The zero-order valence-electron chi connectivity index (χ0n) is 13.0. The molecule has 2 heterocycles. The van der Waals surface area contributed by atoms with E-state index in [0.29, 0.717) is 0 Å². The molecular weight excluding hydrogens is 250 g/mol. The Morgan fingerprint density at radius 3 is 2.75 bits per heavy atom. The van der Waals surface area contributed by atoms with E-state index < -0.39 is 0 Å². The Labute approximate surface area is 122 Å². The van der Waals surface area contributed by atoms with Crippen molar-refractivity contribution in [2.45, 2.75) is 52.4 Å². The third-order valence-corrected chi connectivity index (χ3v) is 4.12. The van der Waals surface area contributed by atoms with Crippen LogP contribution in [0.5, 0.6) is 0 Å². The first-order valence-electron chi connectivity index (χ1n) is 8.20. The highest BCUT2D eigenvalue weighted by Gasteiger charge is 2.21. The fourth-order valence-electron chi connectivity index (χ4n) is 2.77. The topological polar surface area (TPSA) is 56.8 Å². The molecule has 0 unspecified atom stereocenters. The number of hydrogen-bond acceptors (Lipinski definition) is 4. The molecule has 1 aliphatic heterocycles. The molecule has 20 heavy (non-hydrogen) atoms. The van der Waals surface area contributed by atoms with E-state index >= 15 is 0 Å². The van der Waals surface area contributed by atoms with E-state index in [4.69, 9.17) is 0 Å². The summed E-state index contributed by atoms with van der Waals surface area (Å²) in [5.41, 5.74) is 0. The molecule has 0 aliphatic carbocycles. The molecule has 0 radical (unpaired) electrons. The number of anilines is 1. The zero-order chi connectivity index (χ0) is 14.2. The fourth-order valence-corrected chi connectivity index (χ4v) is 2.77. The van der Waals surface area contributed by atoms with Gasteiger partial charge in [-0.2, -0.15) is 4.98 Å². The van der Waals surface area contributed by atoms with E-state index in [-0.39, 0.29) is 0 Å². The number of nitrogens with zero attached hydrogens (tertiary/aromatic N) is 3. The van der Waals surface area contributed by atoms with Gasteiger partial charge in [0.2, 0.25) is 5.95 Å². The first-order valence-corrected chi connectivity index (χ1v) is 8.20. The maximum atomic E-state index is 4.64. The summed E-state index contributed by atoms with van der Waals surface area (Å²) in [5, 5.41) is 10.9. The van der Waals surface area contributed by atoms with E-state index in [1.807, 2.05) is 0 Å². The summed E-state index contributed by atoms with van der Waals surface area (Å²) >= 11 is 0. The summed E-state index contributed by atoms with van der Waals surface area (Å²) in [5.74, 6) is 2.76. The van der Waals surface area contributed by atoms with Gasteiger partial charge in [0.25, 0.3) is 0 Å². The van der Waals surface area contributed by atoms with Gasteiger partial charge in [-0.1, -0.05) is 26.7 Å². The quantitative estimate of drug-likeness (QED) is 0.717. The number of aryl methyl sites for hydroxylation is 1. The van der Waals surface area contributed by atoms with Gasteiger partial charge in [0, 0.05) is 19.5 Å². The van der Waals surface area contributed by atoms with Crippen LogP contribution in [0.1, 0.15) is 51.8 Å². The summed E-state index contributed by atoms with van der Waals surface area (Å²) in [4.78, 5) is 6.96. The lowest BCUT2D eigenvalue weighted by Gasteiger charge is -2.31. The van der Waals surface area contributed by atoms with Crippen LogP contribution in [0.15, 0.2) is 0 Å². The van der Waals surface area contributed by atoms with Crippen molar-refractivity contribution >= 4 is 5.95 Å². The maximum absolute atomic E-state index is 4.64. The second-order valence-electron chi connectivity index (χ2n) is 5.78. The standard InChI is InChI=1S/C15H29N5/c1-3-5-6-7-14-17-15(19-18-14)20-10-8-13(9-11-20)12-16-4-2/h13,16H,3-12H2,1-2H3,(H,17,18,19). The molecule has 5 nitrogen and oxygen atoms in total. The second-order valence-corrected chi connectivity index (χ2v) is 5.78. The highest BCUT2D eigenvalue weighted by Crippen LogP contribution is 2.20. The van der Waals surface area contributed by atoms with Crippen LogP contribution in [0.4, 0.5) is 5.95 Å². The average Bonchev–Trinajstić information content (AvgIpc) is 2.95. The van der Waals surface area contributed by atoms with Crippen LogP contribution in [0, 0.1) is 5.92 Å². The molecule has 1 aromatic heterocycles. The highest BCUT2D eigenvalue weighted by atomic mass is 15.4. The van der Waals surface area contributed by atoms with Crippen LogP contribution in [0.2, 0.25) is 0 Å². The molecule has 2 rings (SSSR count). The number of rotatable bonds is 8. The predicted octanol–water partition coefficient (Wildman–Crippen LogP) is 2.36. The number of aromatic nitrogens is 3. The van der Waals surface area contributed by atoms with E-state index in [1.54, 1.807) is 0 Å². The largest absolute Gasteiger partial charge is 0.340 e. The molecule has 1 saturated heterocycles. The van der Waals surface area contributed by atoms with Crippen LogP contribution in [-0.4, -0.2) is 41.4 Å². The number of nitrogens with one attached hydrogen (secondary N) is 2. The monoisotopic (exact) mass is 279 g/mol. The second kappa shape index (κ2) is 8.25. The van der Waals surface area contributed by atoms with Crippen molar-refractivity contribution in [1.29, 1.82) is 0 Å². The maximum Gasteiger partial charge on any atom is 0.244 e. The van der Waals surface area contributed by atoms with Crippen LogP contribution in [-0.2, 0) is 6.42 Å². The van der Waals surface area contributed by atoms with Crippen molar-refractivity contribution < 1.29 is 0 Å². The molecule has 114 valence electrons. The summed E-state index contributed by atoms with van der Waals surface area (Å²) < 4.78 is 0. The SMILES string of the molecule is CCCCCc1nc(N2CCC(CNCC)CC2)n[nH]1. The summed E-state index contributed by atoms with van der Waals surface area (Å²) in [6.07, 6.45) is 7.24. The van der Waals surface area contributed by atoms with Crippen molar-refractivity contribution in [1.82, 2.24) is 20.5 Å². The Balaban J connectivity index is 1.75. The van der Waals surface area contributed by atoms with E-state index in [0.717, 1.165) is 50.3 Å². The minimum Gasteiger partial charge on any atom is -0.340 e. The van der Waals surface area contributed by atoms with Gasteiger partial charge in [0.1, 0.15) is 5.82 Å². The first-order chi connectivity index (χ1) is 9.83. The van der Waals surface area contributed by atoms with Crippen LogP contribution in [0.3, 0.4) is 0 Å². The van der Waals surface area contributed by atoms with Crippen molar-refractivity contribution in [3.8, 4) is 0 Å². The van der Waals surface area contributed by atoms with Crippen molar-refractivity contribution in [3.05, 3.63) is 5.82 Å². The Kier molecular flexibility index (Phi) is 6.30. The van der Waals surface area contributed by atoms with Crippen LogP contribution >= 0.6 is 0 Å². The predicted molar refractivity (Wildman–Crippen MR) is 83.1 cm³/mol. The third kappa shape index (κ3) is 4.47. The number of H-pyrrole nitrogens is 1. The number of aromatic amines is 1. The van der Waals surface area contributed by atoms with Gasteiger partial charge >= 0.3 is 0 Å². The van der Waals surface area contributed by atoms with Gasteiger partial charge in [0.15, 0.2) is 0 Å². The zero-order valence-corrected chi connectivity index (χ0v) is 13.0. The van der Waals surface area contributed by atoms with Crippen molar-refractivity contribution in [3.63, 3.8) is 0 Å². The van der Waals surface area contributed by atoms with Gasteiger partial charge in [-0.15, -0.1) is 5.10 Å². The number of hydrogen-bond donors (Lipinski definition) is 2. The third-order valence-electron chi connectivity index (χ3n) is 4.12. The number of piperidine rings is 1. The summed E-state index contributed by atoms with van der Waals surface area (Å²) in [6, 6.07) is 0. The van der Waals surface area contributed by atoms with Crippen molar-refractivity contribution in [2.24, 2.45) is 5.92 Å². The molecule has 1 fully saturated rings. The molecule has 0 saturated carbocycles. The molecule has 0 bridgehead atoms. The molecule has 0 atom stereocenters. The molecule has 1 aliphatic rings. The van der Waals surface area contributed by atoms with Crippen LogP contribution < -0.4 is 10.2 Å². The minimum atomic E-state index is 0.814. The van der Waals surface area contributed by atoms with Gasteiger partial charge in [0.05, 0.1) is 0 Å². The number of unbranched alkanes of at least 4 members (excludes halogenated alkanes) is 2. The van der Waals surface area contributed by atoms with Gasteiger partial charge in [-0.05, 0) is 38.3 Å². The molecule has 5 heteroatoms. The minimum absolute atomic E-state index is 0.814. The Bertz CT molecular complexity index is 368. The molecule has 0 amide bonds. The highest BCUT2D eigenvalue weighted by molar-refractivity contribution is 5.29. The fraction of sp³-hybridized carbons (Fsp3) is 0.867. The lowest BCUT2D eigenvalue weighted by Crippen LogP contribution is -2.37. The van der Waals surface area contributed by atoms with Gasteiger partial charge in [-0.25, -0.2) is 0 Å². The Hall–Kier alpha value is -1.10. The van der Waals surface area contributed by atoms with Gasteiger partial charge in [-0.3, -0.25) is 5.10 Å². The Morgan fingerprint density at radius 1 is 1.25 bits per heavy atom. The van der Waals surface area contributed by atoms with E-state index in [2.05, 4.69) is 39.2 Å².